The summed E-state index contributed by atoms with van der Waals surface area (Å²) in [5.41, 5.74) is 5.67. The molecule has 0 amide bonds. The van der Waals surface area contributed by atoms with Crippen LogP contribution >= 0.6 is 0 Å². The second kappa shape index (κ2) is 26.1. The van der Waals surface area contributed by atoms with Crippen LogP contribution in [0.3, 0.4) is 0 Å². The molecule has 0 aliphatic heterocycles. The monoisotopic (exact) mass is 929 g/mol. The Morgan fingerprint density at radius 2 is 0.812 bits per heavy atom. The van der Waals surface area contributed by atoms with Crippen molar-refractivity contribution in [1.82, 2.24) is 0 Å². The number of aliphatic carboxylic acids is 1. The van der Waals surface area contributed by atoms with Crippen molar-refractivity contribution in [2.24, 2.45) is 0 Å². The van der Waals surface area contributed by atoms with Crippen molar-refractivity contribution < 1.29 is 47.3 Å². The molecule has 2 unspecified atom stereocenters. The van der Waals surface area contributed by atoms with Crippen molar-refractivity contribution in [2.75, 3.05) is 6.61 Å². The molecule has 2 aromatic rings. The highest BCUT2D eigenvalue weighted by atomic mass is 28.4. The topological polar surface area (TPSA) is 135 Å². The van der Waals surface area contributed by atoms with Gasteiger partial charge in [-0.3, -0.25) is 19.2 Å². The number of hydrogen-bond donors (Lipinski definition) is 1. The van der Waals surface area contributed by atoms with Gasteiger partial charge in [0.15, 0.2) is 0 Å². The molecule has 0 saturated carbocycles. The molecule has 0 radical (unpaired) electrons. The van der Waals surface area contributed by atoms with Gasteiger partial charge in [-0.25, -0.2) is 0 Å². The Balaban J connectivity index is 0.000000641. The van der Waals surface area contributed by atoms with Crippen molar-refractivity contribution in [3.63, 3.8) is 0 Å². The average Bonchev–Trinajstić information content (AvgIpc) is 3.14. The zero-order chi connectivity index (χ0) is 49.4. The maximum absolute atomic E-state index is 12.6. The number of ether oxygens (including phenoxy) is 3. The van der Waals surface area contributed by atoms with Crippen LogP contribution in [0.5, 0.6) is 0 Å². The Labute approximate surface area is 390 Å². The molecule has 2 aromatic carbocycles. The molecule has 2 atom stereocenters. The Morgan fingerprint density at radius 3 is 1.08 bits per heavy atom. The first kappa shape index (κ1) is 58.7. The molecular formula is C52H88O10Si2. The number of carboxylic acids is 1. The molecule has 0 saturated heterocycles. The van der Waals surface area contributed by atoms with Crippen LogP contribution in [0.2, 0.25) is 33.2 Å². The van der Waals surface area contributed by atoms with Gasteiger partial charge in [0, 0.05) is 12.8 Å². The van der Waals surface area contributed by atoms with Gasteiger partial charge in [0.2, 0.25) is 16.6 Å². The Bertz CT molecular complexity index is 1670. The third kappa shape index (κ3) is 18.2. The SMILES string of the molecule is CC(C)[Si](OCc1ccc(C(CCC(=O)OC(C)(C)C)C(=O)O)cc1)(C(C)C)C(C)C.CCOC(=O)C(CCC(=O)OC(C)(C)C)c1ccc(CO[Si](C(C)C)(C(C)C)C(C)C)cc1. The molecular weight excluding hydrogens is 841 g/mol. The average molecular weight is 929 g/mol. The summed E-state index contributed by atoms with van der Waals surface area (Å²) >= 11 is 0. The Morgan fingerprint density at radius 1 is 0.516 bits per heavy atom. The van der Waals surface area contributed by atoms with Crippen LogP contribution in [0.15, 0.2) is 48.5 Å². The fourth-order valence-electron chi connectivity index (χ4n) is 9.51. The molecule has 0 aliphatic carbocycles. The summed E-state index contributed by atoms with van der Waals surface area (Å²) in [5.74, 6) is -3.16. The standard InChI is InChI=1S/C27H46O5Si.C25H42O5Si/c1-11-30-26(29)24(16-17-25(28)32-27(8,9)10)23-14-12-22(13-15-23)18-31-33(19(2)3,20(4)5)21(6)7;1-17(2)31(18(3)4,19(5)6)29-16-20-10-12-21(13-11-20)22(24(27)28)14-15-23(26)30-25(7,8)9/h12-15,19-21,24H,11,16-18H2,1-10H3;10-13,17-19,22H,14-16H2,1-9H3,(H,27,28). The predicted octanol–water partition coefficient (Wildman–Crippen LogP) is 13.8. The van der Waals surface area contributed by atoms with E-state index < -0.39 is 45.6 Å². The molecule has 12 heteroatoms. The van der Waals surface area contributed by atoms with Crippen molar-refractivity contribution in [1.29, 1.82) is 0 Å². The fourth-order valence-corrected chi connectivity index (χ4v) is 20.3. The molecule has 64 heavy (non-hydrogen) atoms. The van der Waals surface area contributed by atoms with Crippen LogP contribution in [0.4, 0.5) is 0 Å². The number of rotatable bonds is 23. The van der Waals surface area contributed by atoms with E-state index in [9.17, 15) is 24.3 Å². The van der Waals surface area contributed by atoms with Crippen molar-refractivity contribution in [3.05, 3.63) is 70.8 Å². The lowest BCUT2D eigenvalue weighted by atomic mass is 9.93. The number of carbonyl (C=O) groups is 4. The number of esters is 3. The van der Waals surface area contributed by atoms with E-state index in [4.69, 9.17) is 23.1 Å². The highest BCUT2D eigenvalue weighted by Crippen LogP contribution is 2.44. The summed E-state index contributed by atoms with van der Waals surface area (Å²) < 4.78 is 29.3. The summed E-state index contributed by atoms with van der Waals surface area (Å²) in [6, 6.07) is 15.5. The van der Waals surface area contributed by atoms with E-state index in [1.807, 2.05) is 69.3 Å². The van der Waals surface area contributed by atoms with Crippen molar-refractivity contribution >= 4 is 40.5 Å². The lowest BCUT2D eigenvalue weighted by Crippen LogP contribution is -2.47. The molecule has 2 rings (SSSR count). The Hall–Kier alpha value is -3.33. The minimum Gasteiger partial charge on any atom is -0.481 e. The molecule has 0 spiro atoms. The Kier molecular flexibility index (Phi) is 24.0. The molecule has 0 fully saturated rings. The number of hydrogen-bond acceptors (Lipinski definition) is 9. The van der Waals surface area contributed by atoms with Gasteiger partial charge in [0.1, 0.15) is 11.2 Å². The van der Waals surface area contributed by atoms with E-state index in [1.54, 1.807) is 27.7 Å². The van der Waals surface area contributed by atoms with Gasteiger partial charge in [0.05, 0.1) is 31.7 Å². The van der Waals surface area contributed by atoms with E-state index in [0.717, 1.165) is 16.7 Å². The predicted molar refractivity (Wildman–Crippen MR) is 264 cm³/mol. The van der Waals surface area contributed by atoms with Crippen molar-refractivity contribution in [2.45, 2.75) is 227 Å². The first-order valence-corrected chi connectivity index (χ1v) is 28.0. The maximum atomic E-state index is 12.6. The number of carbonyl (C=O) groups excluding carboxylic acids is 3. The van der Waals surface area contributed by atoms with Crippen LogP contribution in [-0.4, -0.2) is 63.4 Å². The van der Waals surface area contributed by atoms with Gasteiger partial charge in [-0.1, -0.05) is 132 Å². The summed E-state index contributed by atoms with van der Waals surface area (Å²) in [6.07, 6.45) is 0.805. The van der Waals surface area contributed by atoms with Gasteiger partial charge in [-0.05, 0) is 117 Å². The maximum Gasteiger partial charge on any atom is 0.313 e. The molecule has 1 N–H and O–H groups in total. The van der Waals surface area contributed by atoms with E-state index in [-0.39, 0.29) is 37.2 Å². The summed E-state index contributed by atoms with van der Waals surface area (Å²) in [5, 5.41) is 9.66. The second-order valence-corrected chi connectivity index (χ2v) is 32.1. The van der Waals surface area contributed by atoms with Crippen LogP contribution < -0.4 is 0 Å². The summed E-state index contributed by atoms with van der Waals surface area (Å²) in [4.78, 5) is 48.6. The highest BCUT2D eigenvalue weighted by molar-refractivity contribution is 6.78. The minimum atomic E-state index is -1.95. The van der Waals surface area contributed by atoms with E-state index in [2.05, 4.69) is 83.1 Å². The molecule has 10 nitrogen and oxygen atoms in total. The minimum absolute atomic E-state index is 0.0738. The van der Waals surface area contributed by atoms with Crippen LogP contribution in [0, 0.1) is 0 Å². The third-order valence-corrected chi connectivity index (χ3v) is 24.3. The van der Waals surface area contributed by atoms with E-state index in [0.29, 0.717) is 65.1 Å². The summed E-state index contributed by atoms with van der Waals surface area (Å²) in [7, 11) is -3.90. The van der Waals surface area contributed by atoms with Crippen LogP contribution in [0.1, 0.15) is 191 Å². The normalized spacial score (nSPS) is 13.6. The highest BCUT2D eigenvalue weighted by Gasteiger charge is 2.46. The lowest BCUT2D eigenvalue weighted by molar-refractivity contribution is -0.156. The largest absolute Gasteiger partial charge is 0.481 e. The third-order valence-electron chi connectivity index (χ3n) is 12.1. The zero-order valence-electron chi connectivity index (χ0n) is 43.3. The van der Waals surface area contributed by atoms with E-state index in [1.165, 1.54) is 0 Å². The zero-order valence-corrected chi connectivity index (χ0v) is 45.3. The van der Waals surface area contributed by atoms with Crippen LogP contribution in [-0.2, 0) is 55.5 Å². The molecule has 0 heterocycles. The quantitative estimate of drug-likeness (QED) is 0.0652. The van der Waals surface area contributed by atoms with E-state index >= 15 is 0 Å². The number of benzene rings is 2. The van der Waals surface area contributed by atoms with Crippen molar-refractivity contribution in [3.8, 4) is 0 Å². The smallest absolute Gasteiger partial charge is 0.313 e. The second-order valence-electron chi connectivity index (χ2n) is 21.1. The molecule has 0 aromatic heterocycles. The molecule has 0 bridgehead atoms. The molecule has 364 valence electrons. The fraction of sp³-hybridized carbons (Fsp3) is 0.692. The first-order chi connectivity index (χ1) is 29.4. The van der Waals surface area contributed by atoms with Gasteiger partial charge < -0.3 is 28.2 Å². The number of carboxylic acid groups (broad SMARTS) is 1. The van der Waals surface area contributed by atoms with Crippen LogP contribution in [0.25, 0.3) is 0 Å². The molecule has 0 aliphatic rings. The lowest BCUT2D eigenvalue weighted by Gasteiger charge is -2.42. The summed E-state index contributed by atoms with van der Waals surface area (Å²) in [6.45, 7) is 41.4. The van der Waals surface area contributed by atoms with Gasteiger partial charge in [-0.2, -0.15) is 0 Å². The van der Waals surface area contributed by atoms with Gasteiger partial charge in [0.25, 0.3) is 0 Å². The first-order valence-electron chi connectivity index (χ1n) is 23.7. The van der Waals surface area contributed by atoms with Gasteiger partial charge in [-0.15, -0.1) is 0 Å². The van der Waals surface area contributed by atoms with Gasteiger partial charge >= 0.3 is 23.9 Å².